The van der Waals surface area contributed by atoms with Gasteiger partial charge >= 0.3 is 0 Å². The third kappa shape index (κ3) is 8.42. The maximum Gasteiger partial charge on any atom is 0.207 e. The summed E-state index contributed by atoms with van der Waals surface area (Å²) in [5.74, 6) is 0.945. The van der Waals surface area contributed by atoms with Crippen LogP contribution < -0.4 is 11.1 Å². The van der Waals surface area contributed by atoms with Gasteiger partial charge in [0, 0.05) is 13.1 Å². The fraction of sp³-hybridized carbons (Fsp3) is 0.844. The molecular weight excluding hydrogens is 631 g/mol. The largest absolute Gasteiger partial charge is 0.414 e. The summed E-state index contributed by atoms with van der Waals surface area (Å²) in [6.07, 6.45) is -0.269. The van der Waals surface area contributed by atoms with Crippen LogP contribution >= 0.6 is 0 Å². The highest BCUT2D eigenvalue weighted by Crippen LogP contribution is 2.47. The van der Waals surface area contributed by atoms with Gasteiger partial charge in [-0.2, -0.15) is 0 Å². The van der Waals surface area contributed by atoms with Crippen LogP contribution in [-0.4, -0.2) is 101 Å². The van der Waals surface area contributed by atoms with Crippen LogP contribution in [0.5, 0.6) is 0 Å². The van der Waals surface area contributed by atoms with E-state index in [1.165, 1.54) is 6.33 Å². The third-order valence-corrected chi connectivity index (χ3v) is 24.2. The minimum absolute atomic E-state index is 0.0142. The minimum Gasteiger partial charge on any atom is -0.414 e. The van der Waals surface area contributed by atoms with Crippen LogP contribution in [0.15, 0.2) is 6.33 Å². The molecule has 0 unspecified atom stereocenters. The van der Waals surface area contributed by atoms with E-state index in [0.717, 1.165) is 6.54 Å². The van der Waals surface area contributed by atoms with E-state index in [1.807, 2.05) is 18.7 Å². The highest BCUT2D eigenvalue weighted by Gasteiger charge is 2.55. The first-order valence-corrected chi connectivity index (χ1v) is 25.4. The van der Waals surface area contributed by atoms with Crippen molar-refractivity contribution in [2.75, 3.05) is 44.8 Å². The Morgan fingerprint density at radius 3 is 1.87 bits per heavy atom. The van der Waals surface area contributed by atoms with Gasteiger partial charge in [-0.3, -0.25) is 4.57 Å². The first kappa shape index (κ1) is 39.0. The zero-order valence-corrected chi connectivity index (χ0v) is 35.0. The third-order valence-electron chi connectivity index (χ3n) is 10.8. The quantitative estimate of drug-likeness (QED) is 0.223. The minimum atomic E-state index is -2.34. The smallest absolute Gasteiger partial charge is 0.207 e. The Morgan fingerprint density at radius 1 is 0.848 bits per heavy atom. The van der Waals surface area contributed by atoms with Gasteiger partial charge in [-0.25, -0.2) is 15.0 Å². The second kappa shape index (κ2) is 13.5. The molecule has 3 rings (SSSR count). The van der Waals surface area contributed by atoms with Gasteiger partial charge in [-0.05, 0) is 68.5 Å². The molecule has 46 heavy (non-hydrogen) atoms. The molecule has 0 amide bonds. The second-order valence-corrected chi connectivity index (χ2v) is 32.1. The fourth-order valence-electron chi connectivity index (χ4n) is 4.54. The predicted octanol–water partition coefficient (Wildman–Crippen LogP) is 7.08. The van der Waals surface area contributed by atoms with E-state index < -0.39 is 37.3 Å². The molecule has 264 valence electrons. The molecule has 1 fully saturated rings. The van der Waals surface area contributed by atoms with Gasteiger partial charge < -0.3 is 34.0 Å². The normalized spacial score (nSPS) is 22.3. The summed E-state index contributed by atoms with van der Waals surface area (Å²) in [6.45, 7) is 36.0. The lowest BCUT2D eigenvalue weighted by atomic mass is 10.1. The summed E-state index contributed by atoms with van der Waals surface area (Å²) in [5, 5.41) is 3.54. The van der Waals surface area contributed by atoms with Crippen molar-refractivity contribution in [3.05, 3.63) is 6.33 Å². The molecule has 2 aromatic heterocycles. The second-order valence-electron chi connectivity index (χ2n) is 17.8. The molecule has 3 heterocycles. The molecule has 0 aliphatic carbocycles. The fourth-order valence-corrected chi connectivity index (χ4v) is 8.16. The van der Waals surface area contributed by atoms with Gasteiger partial charge in [-0.1, -0.05) is 62.3 Å². The van der Waals surface area contributed by atoms with Crippen molar-refractivity contribution in [1.82, 2.24) is 24.4 Å². The Labute approximate surface area is 282 Å². The van der Waals surface area contributed by atoms with Crippen molar-refractivity contribution in [2.45, 2.75) is 141 Å². The van der Waals surface area contributed by atoms with E-state index in [0.29, 0.717) is 36.1 Å². The molecule has 0 aromatic carbocycles. The molecule has 4 atom stereocenters. The molecule has 1 aliphatic rings. The predicted molar refractivity (Wildman–Crippen MR) is 198 cm³/mol. The maximum atomic E-state index is 7.38. The number of hydrogen-bond donors (Lipinski definition) is 2. The molecule has 0 saturated carbocycles. The number of aromatic nitrogens is 4. The lowest BCUT2D eigenvalue weighted by Gasteiger charge is -2.44. The summed E-state index contributed by atoms with van der Waals surface area (Å²) < 4.78 is 30.7. The number of nitrogen functional groups attached to an aromatic ring is 1. The van der Waals surface area contributed by atoms with Crippen LogP contribution in [0.4, 0.5) is 11.8 Å². The molecule has 3 N–H and O–H groups in total. The van der Waals surface area contributed by atoms with Crippen LogP contribution in [0.1, 0.15) is 68.5 Å². The Kier molecular flexibility index (Phi) is 11.4. The Hall–Kier alpha value is -1.40. The van der Waals surface area contributed by atoms with Crippen molar-refractivity contribution in [3.8, 4) is 0 Å². The highest BCUT2D eigenvalue weighted by molar-refractivity contribution is 6.75. The van der Waals surface area contributed by atoms with Gasteiger partial charge in [0.1, 0.15) is 24.6 Å². The SMILES string of the molecule is CN(C)CCNc1nc2c(N)ncnc2n1[C@@H]1O[C@H](CO[Si](C)(C)C(C)(C)C)[C@@H](O[Si](C)(C)C(C)(C)C)[C@H]1O[Si](C)(C)C(C)(C)C. The Morgan fingerprint density at radius 2 is 1.37 bits per heavy atom. The number of nitrogens with two attached hydrogens (primary N) is 1. The van der Waals surface area contributed by atoms with Crippen molar-refractivity contribution in [3.63, 3.8) is 0 Å². The summed E-state index contributed by atoms with van der Waals surface area (Å²) in [7, 11) is -2.64. The number of likely N-dealkylation sites (N-methyl/N-ethyl adjacent to an activating group) is 1. The van der Waals surface area contributed by atoms with E-state index in [4.69, 9.17) is 28.7 Å². The van der Waals surface area contributed by atoms with E-state index in [-0.39, 0.29) is 27.3 Å². The van der Waals surface area contributed by atoms with E-state index in [1.54, 1.807) is 0 Å². The Bertz CT molecular complexity index is 1330. The van der Waals surface area contributed by atoms with Gasteiger partial charge in [0.15, 0.2) is 48.2 Å². The zero-order chi connectivity index (χ0) is 35.3. The lowest BCUT2D eigenvalue weighted by molar-refractivity contribution is -0.0460. The van der Waals surface area contributed by atoms with E-state index in [9.17, 15) is 0 Å². The average molecular weight is 696 g/mol. The molecule has 0 radical (unpaired) electrons. The molecule has 0 bridgehead atoms. The number of nitrogens with zero attached hydrogens (tertiary/aromatic N) is 5. The molecule has 0 spiro atoms. The number of fused-ring (bicyclic) bond motifs is 1. The summed E-state index contributed by atoms with van der Waals surface area (Å²) >= 11 is 0. The average Bonchev–Trinajstić information content (AvgIpc) is 3.38. The van der Waals surface area contributed by atoms with Crippen LogP contribution in [0.2, 0.25) is 54.4 Å². The number of nitrogens with one attached hydrogen (secondary N) is 1. The number of hydrogen-bond acceptors (Lipinski definition) is 10. The van der Waals surface area contributed by atoms with E-state index in [2.05, 4.69) is 122 Å². The van der Waals surface area contributed by atoms with Crippen molar-refractivity contribution < 1.29 is 18.0 Å². The topological polar surface area (TPSA) is 122 Å². The Balaban J connectivity index is 2.25. The van der Waals surface area contributed by atoms with Gasteiger partial charge in [0.25, 0.3) is 0 Å². The summed E-state index contributed by atoms with van der Waals surface area (Å²) in [4.78, 5) is 16.0. The first-order chi connectivity index (χ1) is 20.7. The molecule has 14 heteroatoms. The number of rotatable bonds is 12. The summed E-state index contributed by atoms with van der Waals surface area (Å²) in [5.41, 5.74) is 7.50. The lowest BCUT2D eigenvalue weighted by Crippen LogP contribution is -2.54. The van der Waals surface area contributed by atoms with Gasteiger partial charge in [0.05, 0.1) is 6.61 Å². The van der Waals surface area contributed by atoms with Crippen LogP contribution in [0.3, 0.4) is 0 Å². The molecular formula is C32H65N7O4Si3. The number of ether oxygens (including phenoxy) is 1. The molecule has 1 saturated heterocycles. The molecule has 11 nitrogen and oxygen atoms in total. The van der Waals surface area contributed by atoms with E-state index >= 15 is 0 Å². The standard InChI is InChI=1S/C32H65N7O4Si3/c1-30(2,3)44(12,13)40-20-22-24(42-45(14,15)31(4,5)6)25(43-46(16,17)32(7,8)9)28(41-22)39-27-23(26(33)35-21-36-27)37-29(39)34-18-19-38(10)11/h21-22,24-25,28H,18-20H2,1-17H3,(H,34,37)(H2,33,35,36)/t22-,24-,25-,28-/m1/s1. The van der Waals surface area contributed by atoms with Gasteiger partial charge in [-0.15, -0.1) is 0 Å². The summed E-state index contributed by atoms with van der Waals surface area (Å²) in [6, 6.07) is 0. The molecule has 1 aliphatic heterocycles. The maximum absolute atomic E-state index is 7.38. The van der Waals surface area contributed by atoms with Gasteiger partial charge in [0.2, 0.25) is 5.95 Å². The van der Waals surface area contributed by atoms with Crippen LogP contribution in [0.25, 0.3) is 11.2 Å². The van der Waals surface area contributed by atoms with Crippen molar-refractivity contribution in [1.29, 1.82) is 0 Å². The highest BCUT2D eigenvalue weighted by atomic mass is 28.4. The monoisotopic (exact) mass is 695 g/mol. The van der Waals surface area contributed by atoms with Crippen molar-refractivity contribution in [2.24, 2.45) is 0 Å². The van der Waals surface area contributed by atoms with Crippen LogP contribution in [0, 0.1) is 0 Å². The number of anilines is 2. The number of imidazole rings is 1. The first-order valence-electron chi connectivity index (χ1n) is 16.7. The van der Waals surface area contributed by atoms with Crippen LogP contribution in [-0.2, 0) is 18.0 Å². The van der Waals surface area contributed by atoms with Crippen molar-refractivity contribution >= 4 is 47.9 Å². The molecule has 2 aromatic rings. The zero-order valence-electron chi connectivity index (χ0n) is 32.0.